The Bertz CT molecular complexity index is 436. The van der Waals surface area contributed by atoms with Crippen LogP contribution < -0.4 is 5.32 Å². The van der Waals surface area contributed by atoms with Crippen LogP contribution >= 0.6 is 33.9 Å². The van der Waals surface area contributed by atoms with Crippen LogP contribution in [0.4, 0.5) is 5.69 Å². The van der Waals surface area contributed by atoms with Gasteiger partial charge in [0.25, 0.3) is 0 Å². The maximum absolute atomic E-state index is 4.40. The predicted octanol–water partition coefficient (Wildman–Crippen LogP) is 3.67. The van der Waals surface area contributed by atoms with Crippen molar-refractivity contribution in [2.75, 3.05) is 5.32 Å². The number of halogens is 1. The molecule has 2 nitrogen and oxygen atoms in total. The van der Waals surface area contributed by atoms with E-state index in [-0.39, 0.29) is 0 Å². The molecule has 0 amide bonds. The molecule has 0 aliphatic carbocycles. The standard InChI is InChI=1S/C11H11IN2S/c1-8-14-11(7-15-8)6-13-10-4-2-9(12)3-5-10/h2-5,7,13H,6H2,1H3. The Labute approximate surface area is 107 Å². The third-order valence-electron chi connectivity index (χ3n) is 1.98. The molecule has 0 saturated carbocycles. The molecule has 1 aromatic carbocycles. The van der Waals surface area contributed by atoms with Crippen molar-refractivity contribution in [3.8, 4) is 0 Å². The Balaban J connectivity index is 1.96. The molecule has 0 spiro atoms. The molecule has 15 heavy (non-hydrogen) atoms. The summed E-state index contributed by atoms with van der Waals surface area (Å²) < 4.78 is 1.25. The molecule has 0 bridgehead atoms. The van der Waals surface area contributed by atoms with Crippen molar-refractivity contribution >= 4 is 39.6 Å². The van der Waals surface area contributed by atoms with E-state index in [4.69, 9.17) is 0 Å². The molecule has 0 saturated heterocycles. The topological polar surface area (TPSA) is 24.9 Å². The smallest absolute Gasteiger partial charge is 0.0898 e. The summed E-state index contributed by atoms with van der Waals surface area (Å²) in [5.74, 6) is 0. The largest absolute Gasteiger partial charge is 0.379 e. The highest BCUT2D eigenvalue weighted by Crippen LogP contribution is 2.13. The Morgan fingerprint density at radius 1 is 1.33 bits per heavy atom. The van der Waals surface area contributed by atoms with Gasteiger partial charge in [0, 0.05) is 14.6 Å². The van der Waals surface area contributed by atoms with Crippen molar-refractivity contribution < 1.29 is 0 Å². The number of anilines is 1. The minimum Gasteiger partial charge on any atom is -0.379 e. The van der Waals surface area contributed by atoms with Gasteiger partial charge >= 0.3 is 0 Å². The van der Waals surface area contributed by atoms with Crippen molar-refractivity contribution in [3.05, 3.63) is 43.9 Å². The van der Waals surface area contributed by atoms with Gasteiger partial charge < -0.3 is 5.32 Å². The van der Waals surface area contributed by atoms with Gasteiger partial charge in [-0.3, -0.25) is 0 Å². The Morgan fingerprint density at radius 2 is 2.07 bits per heavy atom. The normalized spacial score (nSPS) is 10.3. The Hall–Kier alpha value is -0.620. The van der Waals surface area contributed by atoms with Crippen LogP contribution in [0, 0.1) is 10.5 Å². The van der Waals surface area contributed by atoms with Crippen molar-refractivity contribution in [2.45, 2.75) is 13.5 Å². The second-order valence-corrected chi connectivity index (χ2v) is 5.53. The number of rotatable bonds is 3. The third-order valence-corrected chi connectivity index (χ3v) is 3.53. The summed E-state index contributed by atoms with van der Waals surface area (Å²) in [6, 6.07) is 8.35. The van der Waals surface area contributed by atoms with Crippen molar-refractivity contribution in [1.82, 2.24) is 4.98 Å². The van der Waals surface area contributed by atoms with E-state index < -0.39 is 0 Å². The van der Waals surface area contributed by atoms with E-state index >= 15 is 0 Å². The Morgan fingerprint density at radius 3 is 2.67 bits per heavy atom. The highest BCUT2D eigenvalue weighted by atomic mass is 127. The zero-order valence-electron chi connectivity index (χ0n) is 8.33. The van der Waals surface area contributed by atoms with E-state index in [1.165, 1.54) is 3.57 Å². The summed E-state index contributed by atoms with van der Waals surface area (Å²) in [5, 5.41) is 6.55. The second-order valence-electron chi connectivity index (χ2n) is 3.22. The maximum Gasteiger partial charge on any atom is 0.0898 e. The summed E-state index contributed by atoms with van der Waals surface area (Å²) in [7, 11) is 0. The first-order chi connectivity index (χ1) is 7.24. The van der Waals surface area contributed by atoms with Gasteiger partial charge in [0.05, 0.1) is 17.2 Å². The molecule has 0 aliphatic heterocycles. The average molecular weight is 330 g/mol. The fourth-order valence-electron chi connectivity index (χ4n) is 1.25. The van der Waals surface area contributed by atoms with Gasteiger partial charge in [0.1, 0.15) is 0 Å². The lowest BCUT2D eigenvalue weighted by Crippen LogP contribution is -1.99. The van der Waals surface area contributed by atoms with Crippen LogP contribution in [0.5, 0.6) is 0 Å². The lowest BCUT2D eigenvalue weighted by Gasteiger charge is -2.03. The summed E-state index contributed by atoms with van der Waals surface area (Å²) in [4.78, 5) is 4.40. The maximum atomic E-state index is 4.40. The van der Waals surface area contributed by atoms with Gasteiger partial charge in [-0.1, -0.05) is 0 Å². The first-order valence-electron chi connectivity index (χ1n) is 4.64. The third kappa shape index (κ3) is 3.17. The fraction of sp³-hybridized carbons (Fsp3) is 0.182. The molecule has 0 fully saturated rings. The first kappa shape index (κ1) is 10.9. The van der Waals surface area contributed by atoms with Crippen LogP contribution in [-0.2, 0) is 6.54 Å². The zero-order chi connectivity index (χ0) is 10.7. The summed E-state index contributed by atoms with van der Waals surface area (Å²) in [5.41, 5.74) is 2.25. The quantitative estimate of drug-likeness (QED) is 0.869. The zero-order valence-corrected chi connectivity index (χ0v) is 11.3. The molecule has 4 heteroatoms. The SMILES string of the molecule is Cc1nc(CNc2ccc(I)cc2)cs1. The average Bonchev–Trinajstić information content (AvgIpc) is 2.64. The van der Waals surface area contributed by atoms with Crippen molar-refractivity contribution in [3.63, 3.8) is 0 Å². The van der Waals surface area contributed by atoms with E-state index in [0.29, 0.717) is 0 Å². The number of nitrogens with one attached hydrogen (secondary N) is 1. The van der Waals surface area contributed by atoms with Gasteiger partial charge in [0.15, 0.2) is 0 Å². The van der Waals surface area contributed by atoms with E-state index in [0.717, 1.165) is 22.9 Å². The number of aryl methyl sites for hydroxylation is 1. The molecule has 0 aliphatic rings. The van der Waals surface area contributed by atoms with E-state index in [1.54, 1.807) is 11.3 Å². The number of nitrogens with zero attached hydrogens (tertiary/aromatic N) is 1. The van der Waals surface area contributed by atoms with Gasteiger partial charge in [0.2, 0.25) is 0 Å². The molecule has 1 heterocycles. The van der Waals surface area contributed by atoms with Crippen LogP contribution in [0.1, 0.15) is 10.7 Å². The highest BCUT2D eigenvalue weighted by Gasteiger charge is 1.97. The van der Waals surface area contributed by atoms with Gasteiger partial charge in [-0.2, -0.15) is 0 Å². The monoisotopic (exact) mass is 330 g/mol. The molecule has 2 rings (SSSR count). The minimum atomic E-state index is 0.797. The van der Waals surface area contributed by atoms with Crippen LogP contribution in [0.3, 0.4) is 0 Å². The molecule has 0 unspecified atom stereocenters. The van der Waals surface area contributed by atoms with Crippen molar-refractivity contribution in [2.24, 2.45) is 0 Å². The fourth-order valence-corrected chi connectivity index (χ4v) is 2.22. The van der Waals surface area contributed by atoms with Gasteiger partial charge in [-0.15, -0.1) is 11.3 Å². The number of aromatic nitrogens is 1. The van der Waals surface area contributed by atoms with Crippen LogP contribution in [-0.4, -0.2) is 4.98 Å². The summed E-state index contributed by atoms with van der Waals surface area (Å²) in [6.07, 6.45) is 0. The van der Waals surface area contributed by atoms with Crippen molar-refractivity contribution in [1.29, 1.82) is 0 Å². The van der Waals surface area contributed by atoms with Gasteiger partial charge in [-0.05, 0) is 53.8 Å². The Kier molecular flexibility index (Phi) is 3.58. The van der Waals surface area contributed by atoms with E-state index in [9.17, 15) is 0 Å². The van der Waals surface area contributed by atoms with Gasteiger partial charge in [-0.25, -0.2) is 4.98 Å². The molecule has 2 aromatic rings. The highest BCUT2D eigenvalue weighted by molar-refractivity contribution is 14.1. The van der Waals surface area contributed by atoms with E-state index in [1.807, 2.05) is 6.92 Å². The summed E-state index contributed by atoms with van der Waals surface area (Å²) in [6.45, 7) is 2.82. The number of hydrogen-bond acceptors (Lipinski definition) is 3. The minimum absolute atomic E-state index is 0.797. The second kappa shape index (κ2) is 4.94. The molecular weight excluding hydrogens is 319 g/mol. The number of thiazole rings is 1. The molecule has 78 valence electrons. The first-order valence-corrected chi connectivity index (χ1v) is 6.60. The molecule has 1 aromatic heterocycles. The van der Waals surface area contributed by atoms with Crippen LogP contribution in [0.15, 0.2) is 29.6 Å². The molecular formula is C11H11IN2S. The molecule has 1 N–H and O–H groups in total. The summed E-state index contributed by atoms with van der Waals surface area (Å²) >= 11 is 3.99. The van der Waals surface area contributed by atoms with Crippen LogP contribution in [0.2, 0.25) is 0 Å². The molecule has 0 radical (unpaired) electrons. The predicted molar refractivity (Wildman–Crippen MR) is 73.3 cm³/mol. The lowest BCUT2D eigenvalue weighted by molar-refractivity contribution is 1.05. The van der Waals surface area contributed by atoms with Crippen LogP contribution in [0.25, 0.3) is 0 Å². The van der Waals surface area contributed by atoms with E-state index in [2.05, 4.69) is 62.5 Å². The molecule has 0 atom stereocenters. The number of benzene rings is 1. The number of hydrogen-bond donors (Lipinski definition) is 1. The lowest BCUT2D eigenvalue weighted by atomic mass is 10.3.